The maximum atomic E-state index is 4.62. The normalized spacial score (nSPS) is 14.7. The summed E-state index contributed by atoms with van der Waals surface area (Å²) in [6.07, 6.45) is 5.62. The number of rotatable bonds is 8. The van der Waals surface area contributed by atoms with Gasteiger partial charge in [0.1, 0.15) is 18.0 Å². The highest BCUT2D eigenvalue weighted by atomic mass is 15.2. The maximum absolute atomic E-state index is 4.62. The molecule has 0 bridgehead atoms. The molecule has 0 aromatic carbocycles. The minimum atomic E-state index is 0.429. The van der Waals surface area contributed by atoms with Crippen molar-refractivity contribution >= 4 is 11.6 Å². The van der Waals surface area contributed by atoms with Crippen LogP contribution in [-0.2, 0) is 0 Å². The third-order valence-corrected chi connectivity index (χ3v) is 3.75. The first-order valence-electron chi connectivity index (χ1n) is 8.01. The van der Waals surface area contributed by atoms with Crippen molar-refractivity contribution in [1.82, 2.24) is 9.97 Å². The van der Waals surface area contributed by atoms with Crippen LogP contribution in [0.2, 0.25) is 0 Å². The molecule has 4 nitrogen and oxygen atoms in total. The summed E-state index contributed by atoms with van der Waals surface area (Å²) in [5, 5.41) is 3.39. The Kier molecular flexibility index (Phi) is 5.21. The Hall–Kier alpha value is -1.32. The predicted molar refractivity (Wildman–Crippen MR) is 85.5 cm³/mol. The molecule has 1 aliphatic carbocycles. The summed E-state index contributed by atoms with van der Waals surface area (Å²) in [6, 6.07) is 0. The van der Waals surface area contributed by atoms with Gasteiger partial charge in [-0.3, -0.25) is 0 Å². The average Bonchev–Trinajstić information content (AvgIpc) is 3.22. The standard InChI is InChI=1S/C16H28N4/c1-5-9-20(10-13-7-8-13)16-14(12(3)4)15(17-6-2)18-11-19-16/h11-13H,5-10H2,1-4H3,(H,17,18,19). The zero-order chi connectivity index (χ0) is 14.5. The fraction of sp³-hybridized carbons (Fsp3) is 0.750. The van der Waals surface area contributed by atoms with Gasteiger partial charge in [0.2, 0.25) is 0 Å². The molecule has 0 saturated heterocycles. The van der Waals surface area contributed by atoms with Gasteiger partial charge in [0.05, 0.1) is 0 Å². The van der Waals surface area contributed by atoms with Crippen LogP contribution < -0.4 is 10.2 Å². The summed E-state index contributed by atoms with van der Waals surface area (Å²) in [4.78, 5) is 11.5. The maximum Gasteiger partial charge on any atom is 0.137 e. The minimum absolute atomic E-state index is 0.429. The van der Waals surface area contributed by atoms with Gasteiger partial charge in [-0.25, -0.2) is 9.97 Å². The van der Waals surface area contributed by atoms with Gasteiger partial charge < -0.3 is 10.2 Å². The Balaban J connectivity index is 2.32. The van der Waals surface area contributed by atoms with E-state index >= 15 is 0 Å². The van der Waals surface area contributed by atoms with Crippen molar-refractivity contribution in [2.75, 3.05) is 29.9 Å². The summed E-state index contributed by atoms with van der Waals surface area (Å²) in [5.74, 6) is 3.45. The number of anilines is 2. The van der Waals surface area contributed by atoms with Crippen LogP contribution in [0.1, 0.15) is 58.4 Å². The molecule has 0 unspecified atom stereocenters. The molecule has 1 heterocycles. The fourth-order valence-corrected chi connectivity index (χ4v) is 2.64. The van der Waals surface area contributed by atoms with Gasteiger partial charge in [-0.05, 0) is 38.0 Å². The van der Waals surface area contributed by atoms with E-state index in [1.165, 1.54) is 18.4 Å². The van der Waals surface area contributed by atoms with Crippen LogP contribution in [0.5, 0.6) is 0 Å². The second-order valence-electron chi connectivity index (χ2n) is 6.03. The van der Waals surface area contributed by atoms with Crippen molar-refractivity contribution in [3.63, 3.8) is 0 Å². The summed E-state index contributed by atoms with van der Waals surface area (Å²) < 4.78 is 0. The Morgan fingerprint density at radius 3 is 2.60 bits per heavy atom. The zero-order valence-corrected chi connectivity index (χ0v) is 13.3. The molecule has 0 amide bonds. The first kappa shape index (κ1) is 15.1. The number of hydrogen-bond donors (Lipinski definition) is 1. The van der Waals surface area contributed by atoms with Gasteiger partial charge in [0.25, 0.3) is 0 Å². The molecule has 1 aliphatic rings. The number of nitrogens with one attached hydrogen (secondary N) is 1. The van der Waals surface area contributed by atoms with Crippen LogP contribution in [0.25, 0.3) is 0 Å². The van der Waals surface area contributed by atoms with E-state index in [-0.39, 0.29) is 0 Å². The van der Waals surface area contributed by atoms with Gasteiger partial charge in [-0.15, -0.1) is 0 Å². The molecule has 2 rings (SSSR count). The Labute approximate surface area is 123 Å². The van der Waals surface area contributed by atoms with Crippen LogP contribution >= 0.6 is 0 Å². The summed E-state index contributed by atoms with van der Waals surface area (Å²) in [5.41, 5.74) is 1.27. The van der Waals surface area contributed by atoms with Crippen molar-refractivity contribution in [1.29, 1.82) is 0 Å². The number of hydrogen-bond acceptors (Lipinski definition) is 4. The van der Waals surface area contributed by atoms with Crippen LogP contribution in [0, 0.1) is 5.92 Å². The van der Waals surface area contributed by atoms with E-state index in [4.69, 9.17) is 0 Å². The van der Waals surface area contributed by atoms with Crippen LogP contribution in [0.3, 0.4) is 0 Å². The number of aromatic nitrogens is 2. The van der Waals surface area contributed by atoms with Crippen molar-refractivity contribution in [3.8, 4) is 0 Å². The van der Waals surface area contributed by atoms with Crippen molar-refractivity contribution in [3.05, 3.63) is 11.9 Å². The van der Waals surface area contributed by atoms with Gasteiger partial charge in [-0.2, -0.15) is 0 Å². The minimum Gasteiger partial charge on any atom is -0.370 e. The fourth-order valence-electron chi connectivity index (χ4n) is 2.64. The molecular formula is C16H28N4. The molecule has 20 heavy (non-hydrogen) atoms. The van der Waals surface area contributed by atoms with Crippen LogP contribution in [-0.4, -0.2) is 29.6 Å². The summed E-state index contributed by atoms with van der Waals surface area (Å²) >= 11 is 0. The van der Waals surface area contributed by atoms with Crippen LogP contribution in [0.15, 0.2) is 6.33 Å². The van der Waals surface area contributed by atoms with Crippen molar-refractivity contribution in [2.45, 2.75) is 52.9 Å². The van der Waals surface area contributed by atoms with Crippen LogP contribution in [0.4, 0.5) is 11.6 Å². The molecule has 1 N–H and O–H groups in total. The largest absolute Gasteiger partial charge is 0.370 e. The molecule has 0 aliphatic heterocycles. The first-order valence-corrected chi connectivity index (χ1v) is 8.01. The highest BCUT2D eigenvalue weighted by Crippen LogP contribution is 2.35. The molecule has 0 spiro atoms. The molecule has 1 fully saturated rings. The lowest BCUT2D eigenvalue weighted by Gasteiger charge is -2.27. The van der Waals surface area contributed by atoms with E-state index in [9.17, 15) is 0 Å². The zero-order valence-electron chi connectivity index (χ0n) is 13.3. The average molecular weight is 276 g/mol. The molecule has 1 aromatic heterocycles. The van der Waals surface area contributed by atoms with Gasteiger partial charge >= 0.3 is 0 Å². The summed E-state index contributed by atoms with van der Waals surface area (Å²) in [7, 11) is 0. The van der Waals surface area contributed by atoms with Crippen molar-refractivity contribution in [2.24, 2.45) is 5.92 Å². The highest BCUT2D eigenvalue weighted by Gasteiger charge is 2.27. The lowest BCUT2D eigenvalue weighted by atomic mass is 10.0. The second kappa shape index (κ2) is 6.91. The third-order valence-electron chi connectivity index (χ3n) is 3.75. The molecule has 1 saturated carbocycles. The Morgan fingerprint density at radius 2 is 2.05 bits per heavy atom. The van der Waals surface area contributed by atoms with Gasteiger partial charge in [0, 0.05) is 25.2 Å². The summed E-state index contributed by atoms with van der Waals surface area (Å²) in [6.45, 7) is 11.9. The first-order chi connectivity index (χ1) is 9.67. The van der Waals surface area contributed by atoms with E-state index in [2.05, 4.69) is 47.9 Å². The highest BCUT2D eigenvalue weighted by molar-refractivity contribution is 5.60. The molecule has 0 atom stereocenters. The quantitative estimate of drug-likeness (QED) is 0.786. The van der Waals surface area contributed by atoms with E-state index in [0.29, 0.717) is 5.92 Å². The third kappa shape index (κ3) is 3.62. The van der Waals surface area contributed by atoms with Gasteiger partial charge in [0.15, 0.2) is 0 Å². The van der Waals surface area contributed by atoms with E-state index < -0.39 is 0 Å². The molecular weight excluding hydrogens is 248 g/mol. The SMILES string of the molecule is CCCN(CC1CC1)c1ncnc(NCC)c1C(C)C. The topological polar surface area (TPSA) is 41.1 Å². The molecule has 4 heteroatoms. The lowest BCUT2D eigenvalue weighted by molar-refractivity contribution is 0.687. The lowest BCUT2D eigenvalue weighted by Crippen LogP contribution is -2.29. The Bertz CT molecular complexity index is 426. The number of nitrogens with zero attached hydrogens (tertiary/aromatic N) is 3. The van der Waals surface area contributed by atoms with E-state index in [1.54, 1.807) is 6.33 Å². The van der Waals surface area contributed by atoms with E-state index in [0.717, 1.165) is 43.6 Å². The second-order valence-corrected chi connectivity index (χ2v) is 6.03. The van der Waals surface area contributed by atoms with Gasteiger partial charge in [-0.1, -0.05) is 20.8 Å². The Morgan fingerprint density at radius 1 is 1.30 bits per heavy atom. The molecule has 112 valence electrons. The predicted octanol–water partition coefficient (Wildman–Crippen LogP) is 3.66. The van der Waals surface area contributed by atoms with Crippen molar-refractivity contribution < 1.29 is 0 Å². The molecule has 0 radical (unpaired) electrons. The monoisotopic (exact) mass is 276 g/mol. The smallest absolute Gasteiger partial charge is 0.137 e. The van der Waals surface area contributed by atoms with E-state index in [1.807, 2.05) is 0 Å². The molecule has 1 aromatic rings.